The molecule has 1 aromatic heterocycles. The molecule has 1 heterocycles. The Morgan fingerprint density at radius 1 is 1.15 bits per heavy atom. The zero-order chi connectivity index (χ0) is 14.5. The number of benzene rings is 1. The zero-order valence-corrected chi connectivity index (χ0v) is 15.5. The van der Waals surface area contributed by atoms with Gasteiger partial charge >= 0.3 is 0 Å². The Labute approximate surface area is 143 Å². The number of nitrogens with zero attached hydrogens (tertiary/aromatic N) is 2. The van der Waals surface area contributed by atoms with Gasteiger partial charge in [0.2, 0.25) is 5.95 Å². The first-order chi connectivity index (χ1) is 9.60. The summed E-state index contributed by atoms with van der Waals surface area (Å²) < 4.78 is 2.79. The second kappa shape index (κ2) is 7.38. The molecule has 0 fully saturated rings. The van der Waals surface area contributed by atoms with Gasteiger partial charge in [0.05, 0.1) is 10.2 Å². The molecule has 0 unspecified atom stereocenters. The van der Waals surface area contributed by atoms with Crippen molar-refractivity contribution in [3.05, 3.63) is 37.8 Å². The Morgan fingerprint density at radius 3 is 2.65 bits per heavy atom. The molecule has 2 N–H and O–H groups in total. The molecule has 2 rings (SSSR count). The summed E-state index contributed by atoms with van der Waals surface area (Å²) >= 11 is 10.4. The van der Waals surface area contributed by atoms with Crippen LogP contribution in [0.25, 0.3) is 0 Å². The topological polar surface area (TPSA) is 49.8 Å². The molecular weight excluding hydrogens is 452 g/mol. The predicted octanol–water partition coefficient (Wildman–Crippen LogP) is 5.33. The number of halogens is 3. The van der Waals surface area contributed by atoms with Gasteiger partial charge in [-0.3, -0.25) is 0 Å². The molecular formula is C13H13Br3N4. The zero-order valence-electron chi connectivity index (χ0n) is 10.8. The van der Waals surface area contributed by atoms with E-state index in [-0.39, 0.29) is 0 Å². The van der Waals surface area contributed by atoms with Gasteiger partial charge in [0.15, 0.2) is 0 Å². The van der Waals surface area contributed by atoms with Crippen LogP contribution in [0, 0.1) is 0 Å². The smallest absolute Gasteiger partial charge is 0.224 e. The number of rotatable bonds is 5. The van der Waals surface area contributed by atoms with E-state index in [0.29, 0.717) is 5.95 Å². The maximum absolute atomic E-state index is 4.46. The van der Waals surface area contributed by atoms with Crippen LogP contribution in [0.2, 0.25) is 0 Å². The third-order valence-corrected chi connectivity index (χ3v) is 4.19. The molecule has 4 nitrogen and oxygen atoms in total. The minimum absolute atomic E-state index is 0.616. The van der Waals surface area contributed by atoms with Gasteiger partial charge in [-0.15, -0.1) is 0 Å². The van der Waals surface area contributed by atoms with E-state index in [0.717, 1.165) is 37.9 Å². The third-order valence-electron chi connectivity index (χ3n) is 2.46. The van der Waals surface area contributed by atoms with Crippen molar-refractivity contribution in [2.75, 3.05) is 17.2 Å². The maximum Gasteiger partial charge on any atom is 0.224 e. The molecule has 20 heavy (non-hydrogen) atoms. The largest absolute Gasteiger partial charge is 0.354 e. The first-order valence-electron chi connectivity index (χ1n) is 6.08. The molecule has 0 radical (unpaired) electrons. The van der Waals surface area contributed by atoms with Crippen LogP contribution in [0.5, 0.6) is 0 Å². The molecule has 106 valence electrons. The number of nitrogens with one attached hydrogen (secondary N) is 2. The monoisotopic (exact) mass is 462 g/mol. The fourth-order valence-corrected chi connectivity index (χ4v) is 2.93. The molecule has 0 amide bonds. The Hall–Kier alpha value is -0.660. The Bertz CT molecular complexity index is 604. The highest BCUT2D eigenvalue weighted by molar-refractivity contribution is 9.11. The van der Waals surface area contributed by atoms with Crippen molar-refractivity contribution < 1.29 is 0 Å². The molecule has 0 saturated carbocycles. The summed E-state index contributed by atoms with van der Waals surface area (Å²) in [6.45, 7) is 2.95. The summed E-state index contributed by atoms with van der Waals surface area (Å²) in [6, 6.07) is 5.92. The second-order valence-electron chi connectivity index (χ2n) is 4.07. The highest BCUT2D eigenvalue weighted by Gasteiger charge is 2.07. The third kappa shape index (κ3) is 4.17. The summed E-state index contributed by atoms with van der Waals surface area (Å²) in [6.07, 6.45) is 2.76. The fraction of sp³-hybridized carbons (Fsp3) is 0.231. The summed E-state index contributed by atoms with van der Waals surface area (Å²) in [5, 5.41) is 6.45. The van der Waals surface area contributed by atoms with Gasteiger partial charge in [0, 0.05) is 21.7 Å². The van der Waals surface area contributed by atoms with E-state index in [1.165, 1.54) is 0 Å². The molecule has 0 spiro atoms. The van der Waals surface area contributed by atoms with E-state index in [1.807, 2.05) is 18.2 Å². The molecule has 7 heteroatoms. The molecule has 0 bridgehead atoms. The van der Waals surface area contributed by atoms with Crippen molar-refractivity contribution in [1.82, 2.24) is 9.97 Å². The average molecular weight is 465 g/mol. The van der Waals surface area contributed by atoms with E-state index in [1.54, 1.807) is 6.20 Å². The first-order valence-corrected chi connectivity index (χ1v) is 8.46. The number of hydrogen-bond donors (Lipinski definition) is 2. The first kappa shape index (κ1) is 15.7. The van der Waals surface area contributed by atoms with Gasteiger partial charge in [0.1, 0.15) is 5.82 Å². The highest BCUT2D eigenvalue weighted by Crippen LogP contribution is 2.31. The lowest BCUT2D eigenvalue weighted by molar-refractivity contribution is 0.952. The minimum Gasteiger partial charge on any atom is -0.354 e. The molecule has 1 aromatic carbocycles. The Balaban J connectivity index is 2.23. The van der Waals surface area contributed by atoms with Gasteiger partial charge in [-0.25, -0.2) is 4.98 Å². The minimum atomic E-state index is 0.616. The fourth-order valence-electron chi connectivity index (χ4n) is 1.50. The van der Waals surface area contributed by atoms with Gasteiger partial charge < -0.3 is 10.6 Å². The van der Waals surface area contributed by atoms with Crippen LogP contribution in [0.3, 0.4) is 0 Å². The summed E-state index contributed by atoms with van der Waals surface area (Å²) in [5.74, 6) is 1.34. The second-order valence-corrected chi connectivity index (χ2v) is 6.69. The average Bonchev–Trinajstić information content (AvgIpc) is 2.42. The normalized spacial score (nSPS) is 10.4. The van der Waals surface area contributed by atoms with Crippen LogP contribution < -0.4 is 10.6 Å². The van der Waals surface area contributed by atoms with E-state index in [9.17, 15) is 0 Å². The number of aromatic nitrogens is 2. The van der Waals surface area contributed by atoms with Crippen molar-refractivity contribution in [2.45, 2.75) is 13.3 Å². The van der Waals surface area contributed by atoms with E-state index < -0.39 is 0 Å². The number of anilines is 3. The van der Waals surface area contributed by atoms with Crippen LogP contribution >= 0.6 is 47.8 Å². The molecule has 0 saturated heterocycles. The standard InChI is InChI=1S/C13H13Br3N4/c1-2-5-17-13-18-7-10(16)12(20-13)19-11-4-3-8(14)6-9(11)15/h3-4,6-7H,2,5H2,1H3,(H2,17,18,19,20). The SMILES string of the molecule is CCCNc1ncc(Br)c(Nc2ccc(Br)cc2Br)n1. The van der Waals surface area contributed by atoms with Crippen molar-refractivity contribution >= 4 is 65.2 Å². The van der Waals surface area contributed by atoms with Crippen LogP contribution in [0.4, 0.5) is 17.5 Å². The van der Waals surface area contributed by atoms with Crippen molar-refractivity contribution in [2.24, 2.45) is 0 Å². The van der Waals surface area contributed by atoms with E-state index in [2.05, 4.69) is 75.3 Å². The summed E-state index contributed by atoms with van der Waals surface area (Å²) in [7, 11) is 0. The lowest BCUT2D eigenvalue weighted by atomic mass is 10.3. The predicted molar refractivity (Wildman–Crippen MR) is 93.6 cm³/mol. The quantitative estimate of drug-likeness (QED) is 0.628. The molecule has 2 aromatic rings. The van der Waals surface area contributed by atoms with Gasteiger partial charge in [-0.2, -0.15) is 4.98 Å². The molecule has 0 aliphatic carbocycles. The van der Waals surface area contributed by atoms with Crippen LogP contribution in [-0.4, -0.2) is 16.5 Å². The number of hydrogen-bond acceptors (Lipinski definition) is 4. The Kier molecular flexibility index (Phi) is 5.80. The highest BCUT2D eigenvalue weighted by atomic mass is 79.9. The lowest BCUT2D eigenvalue weighted by Crippen LogP contribution is -2.06. The molecule has 0 atom stereocenters. The molecule has 0 aliphatic rings. The van der Waals surface area contributed by atoms with Crippen LogP contribution in [0.1, 0.15) is 13.3 Å². The molecule has 0 aliphatic heterocycles. The van der Waals surface area contributed by atoms with Crippen molar-refractivity contribution in [3.8, 4) is 0 Å². The lowest BCUT2D eigenvalue weighted by Gasteiger charge is -2.11. The van der Waals surface area contributed by atoms with Crippen LogP contribution in [-0.2, 0) is 0 Å². The van der Waals surface area contributed by atoms with Gasteiger partial charge in [-0.05, 0) is 56.5 Å². The van der Waals surface area contributed by atoms with Crippen LogP contribution in [0.15, 0.2) is 37.8 Å². The Morgan fingerprint density at radius 2 is 1.95 bits per heavy atom. The van der Waals surface area contributed by atoms with Crippen molar-refractivity contribution in [3.63, 3.8) is 0 Å². The summed E-state index contributed by atoms with van der Waals surface area (Å²) in [4.78, 5) is 8.68. The van der Waals surface area contributed by atoms with E-state index in [4.69, 9.17) is 0 Å². The van der Waals surface area contributed by atoms with Gasteiger partial charge in [0.25, 0.3) is 0 Å². The van der Waals surface area contributed by atoms with Gasteiger partial charge in [-0.1, -0.05) is 22.9 Å². The van der Waals surface area contributed by atoms with Crippen molar-refractivity contribution in [1.29, 1.82) is 0 Å². The summed E-state index contributed by atoms with van der Waals surface area (Å²) in [5.41, 5.74) is 0.939. The maximum atomic E-state index is 4.46. The van der Waals surface area contributed by atoms with E-state index >= 15 is 0 Å².